The number of benzene rings is 2. The summed E-state index contributed by atoms with van der Waals surface area (Å²) >= 11 is 18.1. The monoisotopic (exact) mass is 354 g/mol. The topological polar surface area (TPSA) is 15.3 Å². The van der Waals surface area contributed by atoms with Crippen LogP contribution >= 0.6 is 34.8 Å². The molecule has 0 radical (unpaired) electrons. The lowest BCUT2D eigenvalue weighted by Crippen LogP contribution is -2.32. The molecule has 2 aromatic rings. The molecule has 0 bridgehead atoms. The first-order chi connectivity index (χ1) is 10.6. The zero-order chi connectivity index (χ0) is 15.5. The Labute approximate surface area is 146 Å². The van der Waals surface area contributed by atoms with Crippen LogP contribution < -0.4 is 10.2 Å². The minimum absolute atomic E-state index is 0.461. The van der Waals surface area contributed by atoms with Crippen molar-refractivity contribution in [3.05, 3.63) is 63.1 Å². The van der Waals surface area contributed by atoms with Crippen LogP contribution in [0.3, 0.4) is 0 Å². The van der Waals surface area contributed by atoms with Gasteiger partial charge in [-0.15, -0.1) is 0 Å². The van der Waals surface area contributed by atoms with Crippen LogP contribution in [0.15, 0.2) is 42.5 Å². The first-order valence-electron chi connectivity index (χ1n) is 7.29. The Morgan fingerprint density at radius 3 is 2.45 bits per heavy atom. The van der Waals surface area contributed by atoms with Crippen molar-refractivity contribution in [2.75, 3.05) is 18.0 Å². The van der Waals surface area contributed by atoms with Gasteiger partial charge in [0.05, 0.1) is 0 Å². The number of halogens is 3. The summed E-state index contributed by atoms with van der Waals surface area (Å²) in [5.41, 5.74) is 2.30. The molecule has 2 aromatic carbocycles. The normalized spacial score (nSPS) is 18.0. The predicted molar refractivity (Wildman–Crippen MR) is 95.4 cm³/mol. The van der Waals surface area contributed by atoms with Gasteiger partial charge in [-0.25, -0.2) is 0 Å². The fourth-order valence-electron chi connectivity index (χ4n) is 2.73. The van der Waals surface area contributed by atoms with Gasteiger partial charge in [0, 0.05) is 46.4 Å². The summed E-state index contributed by atoms with van der Waals surface area (Å²) in [6.45, 7) is 2.80. The minimum atomic E-state index is 0.461. The number of nitrogens with one attached hydrogen (secondary N) is 1. The highest BCUT2D eigenvalue weighted by molar-refractivity contribution is 6.35. The fraction of sp³-hybridized carbons (Fsp3) is 0.294. The number of hydrogen-bond acceptors (Lipinski definition) is 2. The van der Waals surface area contributed by atoms with E-state index in [1.165, 1.54) is 5.69 Å². The van der Waals surface area contributed by atoms with Crippen molar-refractivity contribution >= 4 is 40.5 Å². The van der Waals surface area contributed by atoms with Gasteiger partial charge >= 0.3 is 0 Å². The Balaban J connectivity index is 1.56. The van der Waals surface area contributed by atoms with Crippen molar-refractivity contribution in [2.24, 2.45) is 0 Å². The van der Waals surface area contributed by atoms with E-state index in [9.17, 15) is 0 Å². The van der Waals surface area contributed by atoms with Crippen molar-refractivity contribution in [3.63, 3.8) is 0 Å². The summed E-state index contributed by atoms with van der Waals surface area (Å²) in [7, 11) is 0. The molecule has 0 aromatic heterocycles. The van der Waals surface area contributed by atoms with Gasteiger partial charge in [-0.3, -0.25) is 0 Å². The van der Waals surface area contributed by atoms with E-state index in [-0.39, 0.29) is 0 Å². The summed E-state index contributed by atoms with van der Waals surface area (Å²) in [5.74, 6) is 0. The quantitative estimate of drug-likeness (QED) is 0.829. The molecule has 0 amide bonds. The van der Waals surface area contributed by atoms with Crippen molar-refractivity contribution in [1.29, 1.82) is 0 Å². The molecule has 1 N–H and O–H groups in total. The van der Waals surface area contributed by atoms with Gasteiger partial charge in [0.2, 0.25) is 0 Å². The maximum atomic E-state index is 6.21. The SMILES string of the molecule is Clc1ccc(N2CCC(NCc3ccc(Cl)cc3Cl)C2)cc1. The van der Waals surface area contributed by atoms with Crippen LogP contribution in [-0.4, -0.2) is 19.1 Å². The molecule has 0 aliphatic carbocycles. The van der Waals surface area contributed by atoms with Gasteiger partial charge < -0.3 is 10.2 Å². The molecular formula is C17H17Cl3N2. The van der Waals surface area contributed by atoms with Crippen LogP contribution in [0.5, 0.6) is 0 Å². The molecule has 1 aliphatic heterocycles. The number of anilines is 1. The summed E-state index contributed by atoms with van der Waals surface area (Å²) in [4.78, 5) is 2.37. The summed E-state index contributed by atoms with van der Waals surface area (Å²) < 4.78 is 0. The lowest BCUT2D eigenvalue weighted by Gasteiger charge is -2.19. The average molecular weight is 356 g/mol. The Hall–Kier alpha value is -0.930. The third-order valence-electron chi connectivity index (χ3n) is 3.98. The van der Waals surface area contributed by atoms with Gasteiger partial charge in [0.1, 0.15) is 0 Å². The van der Waals surface area contributed by atoms with Crippen LogP contribution in [0.4, 0.5) is 5.69 Å². The van der Waals surface area contributed by atoms with Crippen LogP contribution in [0, 0.1) is 0 Å². The van der Waals surface area contributed by atoms with E-state index < -0.39 is 0 Å². The Morgan fingerprint density at radius 1 is 1.00 bits per heavy atom. The van der Waals surface area contributed by atoms with Crippen molar-refractivity contribution < 1.29 is 0 Å². The van der Waals surface area contributed by atoms with Crippen LogP contribution in [0.2, 0.25) is 15.1 Å². The van der Waals surface area contributed by atoms with Crippen molar-refractivity contribution in [3.8, 4) is 0 Å². The molecule has 1 unspecified atom stereocenters. The van der Waals surface area contributed by atoms with E-state index in [1.54, 1.807) is 6.07 Å². The van der Waals surface area contributed by atoms with Crippen LogP contribution in [0.25, 0.3) is 0 Å². The zero-order valence-electron chi connectivity index (χ0n) is 12.0. The average Bonchev–Trinajstić information content (AvgIpc) is 2.96. The standard InChI is InChI=1S/C17H17Cl3N2/c18-13-3-5-16(6-4-13)22-8-7-15(11-22)21-10-12-1-2-14(19)9-17(12)20/h1-6,9,15,21H,7-8,10-11H2. The minimum Gasteiger partial charge on any atom is -0.370 e. The van der Waals surface area contributed by atoms with E-state index >= 15 is 0 Å². The first-order valence-corrected chi connectivity index (χ1v) is 8.43. The summed E-state index contributed by atoms with van der Waals surface area (Å²) in [5, 5.41) is 5.73. The van der Waals surface area contributed by atoms with E-state index in [2.05, 4.69) is 22.3 Å². The van der Waals surface area contributed by atoms with Gasteiger partial charge in [-0.2, -0.15) is 0 Å². The largest absolute Gasteiger partial charge is 0.370 e. The molecule has 1 saturated heterocycles. The van der Waals surface area contributed by atoms with Crippen LogP contribution in [-0.2, 0) is 6.54 Å². The molecule has 1 aliphatic rings. The number of hydrogen-bond donors (Lipinski definition) is 1. The Bertz CT molecular complexity index is 643. The lowest BCUT2D eigenvalue weighted by molar-refractivity contribution is 0.551. The molecule has 1 fully saturated rings. The third kappa shape index (κ3) is 3.88. The van der Waals surface area contributed by atoms with Gasteiger partial charge in [0.15, 0.2) is 0 Å². The molecule has 5 heteroatoms. The zero-order valence-corrected chi connectivity index (χ0v) is 14.3. The molecule has 0 saturated carbocycles. The highest BCUT2D eigenvalue weighted by Crippen LogP contribution is 2.24. The molecule has 1 heterocycles. The van der Waals surface area contributed by atoms with Crippen molar-refractivity contribution in [2.45, 2.75) is 19.0 Å². The summed E-state index contributed by atoms with van der Waals surface area (Å²) in [6, 6.07) is 14.1. The predicted octanol–water partition coefficient (Wildman–Crippen LogP) is 5.02. The molecular weight excluding hydrogens is 339 g/mol. The van der Waals surface area contributed by atoms with E-state index in [4.69, 9.17) is 34.8 Å². The second-order valence-corrected chi connectivity index (χ2v) is 6.80. The smallest absolute Gasteiger partial charge is 0.0465 e. The maximum absolute atomic E-state index is 6.21. The first kappa shape index (κ1) is 15.9. The number of nitrogens with zero attached hydrogens (tertiary/aromatic N) is 1. The third-order valence-corrected chi connectivity index (χ3v) is 4.82. The van der Waals surface area contributed by atoms with E-state index in [0.29, 0.717) is 16.1 Å². The number of rotatable bonds is 4. The maximum Gasteiger partial charge on any atom is 0.0465 e. The van der Waals surface area contributed by atoms with Gasteiger partial charge in [0.25, 0.3) is 0 Å². The Morgan fingerprint density at radius 2 is 1.73 bits per heavy atom. The fourth-order valence-corrected chi connectivity index (χ4v) is 3.33. The lowest BCUT2D eigenvalue weighted by atomic mass is 10.2. The molecule has 2 nitrogen and oxygen atoms in total. The summed E-state index contributed by atoms with van der Waals surface area (Å²) in [6.07, 6.45) is 1.12. The van der Waals surface area contributed by atoms with Gasteiger partial charge in [-0.05, 0) is 48.4 Å². The van der Waals surface area contributed by atoms with Gasteiger partial charge in [-0.1, -0.05) is 40.9 Å². The second kappa shape index (κ2) is 7.10. The molecule has 3 rings (SSSR count). The molecule has 1 atom stereocenters. The van der Waals surface area contributed by atoms with E-state index in [0.717, 1.165) is 36.6 Å². The molecule has 22 heavy (non-hydrogen) atoms. The van der Waals surface area contributed by atoms with E-state index in [1.807, 2.05) is 24.3 Å². The highest BCUT2D eigenvalue weighted by atomic mass is 35.5. The highest BCUT2D eigenvalue weighted by Gasteiger charge is 2.22. The second-order valence-electron chi connectivity index (χ2n) is 5.52. The molecule has 0 spiro atoms. The van der Waals surface area contributed by atoms with Crippen LogP contribution in [0.1, 0.15) is 12.0 Å². The van der Waals surface area contributed by atoms with Crippen molar-refractivity contribution in [1.82, 2.24) is 5.32 Å². The molecule has 116 valence electrons. The Kier molecular flexibility index (Phi) is 5.14.